The van der Waals surface area contributed by atoms with Crippen molar-refractivity contribution in [3.05, 3.63) is 65.7 Å². The minimum atomic E-state index is -1.01. The molecule has 0 amide bonds. The molecule has 0 aliphatic carbocycles. The van der Waals surface area contributed by atoms with Gasteiger partial charge < -0.3 is 19.4 Å². The second-order valence-corrected chi connectivity index (χ2v) is 8.32. The van der Waals surface area contributed by atoms with E-state index >= 15 is 0 Å². The Hall–Kier alpha value is -2.41. The van der Waals surface area contributed by atoms with Gasteiger partial charge in [-0.15, -0.1) is 0 Å². The van der Waals surface area contributed by atoms with Crippen LogP contribution in [0.5, 0.6) is 5.75 Å². The zero-order valence-corrected chi connectivity index (χ0v) is 17.7. The van der Waals surface area contributed by atoms with E-state index in [-0.39, 0.29) is 12.4 Å². The molecule has 31 heavy (non-hydrogen) atoms. The molecule has 2 heterocycles. The Labute approximate surface area is 182 Å². The number of hydrogen-bond acceptors (Lipinski definition) is 5. The first kappa shape index (κ1) is 21.8. The second-order valence-electron chi connectivity index (χ2n) is 8.32. The number of halogens is 1. The van der Waals surface area contributed by atoms with E-state index < -0.39 is 12.2 Å². The summed E-state index contributed by atoms with van der Waals surface area (Å²) in [6.07, 6.45) is 2.18. The van der Waals surface area contributed by atoms with Gasteiger partial charge in [0.25, 0.3) is 0 Å². The van der Waals surface area contributed by atoms with Crippen molar-refractivity contribution in [3.8, 4) is 5.75 Å². The summed E-state index contributed by atoms with van der Waals surface area (Å²) >= 11 is 0. The smallest absolute Gasteiger partial charge is 0.134 e. The van der Waals surface area contributed by atoms with Crippen molar-refractivity contribution in [1.82, 2.24) is 4.90 Å². The first-order valence-corrected chi connectivity index (χ1v) is 11.1. The third-order valence-corrected chi connectivity index (χ3v) is 5.89. The monoisotopic (exact) mass is 427 g/mol. The predicted molar refractivity (Wildman–Crippen MR) is 118 cm³/mol. The van der Waals surface area contributed by atoms with Gasteiger partial charge in [-0.1, -0.05) is 24.6 Å². The molecule has 3 aromatic rings. The highest BCUT2D eigenvalue weighted by Crippen LogP contribution is 2.24. The Kier molecular flexibility index (Phi) is 7.22. The highest BCUT2D eigenvalue weighted by Gasteiger charge is 2.20. The fourth-order valence-corrected chi connectivity index (χ4v) is 4.11. The molecule has 2 atom stereocenters. The number of nitrogens with zero attached hydrogens (tertiary/aromatic N) is 1. The van der Waals surface area contributed by atoms with Crippen LogP contribution in [0.2, 0.25) is 0 Å². The number of fused-ring (bicyclic) bond motifs is 2. The molecule has 0 fully saturated rings. The van der Waals surface area contributed by atoms with Crippen molar-refractivity contribution >= 4 is 11.0 Å². The molecule has 1 aromatic heterocycles. The molecular weight excluding hydrogens is 397 g/mol. The molecule has 1 aliphatic heterocycles. The van der Waals surface area contributed by atoms with Gasteiger partial charge in [0, 0.05) is 11.9 Å². The van der Waals surface area contributed by atoms with Crippen LogP contribution in [-0.4, -0.2) is 47.0 Å². The highest BCUT2D eigenvalue weighted by atomic mass is 19.1. The maximum Gasteiger partial charge on any atom is 0.134 e. The minimum absolute atomic E-state index is 0.0244. The normalized spacial score (nSPS) is 21.9. The van der Waals surface area contributed by atoms with Gasteiger partial charge in [0.05, 0.1) is 12.6 Å². The van der Waals surface area contributed by atoms with E-state index in [9.17, 15) is 14.6 Å². The average Bonchev–Trinajstić information content (AvgIpc) is 3.17. The number of furan rings is 1. The summed E-state index contributed by atoms with van der Waals surface area (Å²) in [5, 5.41) is 21.9. The molecule has 2 N–H and O–H groups in total. The lowest BCUT2D eigenvalue weighted by molar-refractivity contribution is -0.0165. The van der Waals surface area contributed by atoms with E-state index in [1.165, 1.54) is 12.1 Å². The van der Waals surface area contributed by atoms with Crippen molar-refractivity contribution in [2.75, 3.05) is 19.7 Å². The van der Waals surface area contributed by atoms with Gasteiger partial charge in [-0.25, -0.2) is 4.39 Å². The molecule has 0 unspecified atom stereocenters. The fourth-order valence-electron chi connectivity index (χ4n) is 4.11. The summed E-state index contributed by atoms with van der Waals surface area (Å²) in [4.78, 5) is 2.26. The number of para-hydroxylation sites is 1. The fraction of sp³-hybridized carbons (Fsp3) is 0.440. The van der Waals surface area contributed by atoms with E-state index in [0.717, 1.165) is 54.5 Å². The van der Waals surface area contributed by atoms with Gasteiger partial charge in [0.2, 0.25) is 0 Å². The van der Waals surface area contributed by atoms with Crippen molar-refractivity contribution < 1.29 is 23.8 Å². The molecule has 4 rings (SSSR count). The third kappa shape index (κ3) is 5.85. The van der Waals surface area contributed by atoms with E-state index in [1.54, 1.807) is 6.07 Å². The molecule has 0 bridgehead atoms. The van der Waals surface area contributed by atoms with Crippen LogP contribution in [0.1, 0.15) is 37.0 Å². The lowest BCUT2D eigenvalue weighted by Crippen LogP contribution is -2.36. The summed E-state index contributed by atoms with van der Waals surface area (Å²) < 4.78 is 25.4. The molecule has 6 heteroatoms. The Bertz CT molecular complexity index is 956. The van der Waals surface area contributed by atoms with Gasteiger partial charge in [0.1, 0.15) is 35.6 Å². The maximum atomic E-state index is 13.7. The number of benzene rings is 2. The first-order valence-electron chi connectivity index (χ1n) is 11.1. The van der Waals surface area contributed by atoms with Crippen LogP contribution in [0.25, 0.3) is 11.0 Å². The van der Waals surface area contributed by atoms with Crippen molar-refractivity contribution in [3.63, 3.8) is 0 Å². The van der Waals surface area contributed by atoms with E-state index in [2.05, 4.69) is 11.0 Å². The molecule has 1 aliphatic rings. The van der Waals surface area contributed by atoms with Crippen molar-refractivity contribution in [1.29, 1.82) is 0 Å². The minimum Gasteiger partial charge on any atom is -0.491 e. The van der Waals surface area contributed by atoms with Crippen LogP contribution in [0.15, 0.2) is 52.9 Å². The van der Waals surface area contributed by atoms with Gasteiger partial charge in [0.15, 0.2) is 0 Å². The molecule has 166 valence electrons. The quantitative estimate of drug-likeness (QED) is 0.639. The molecule has 0 saturated carbocycles. The Morgan fingerprint density at radius 3 is 2.71 bits per heavy atom. The number of ether oxygens (including phenoxy) is 1. The highest BCUT2D eigenvalue weighted by molar-refractivity contribution is 5.77. The van der Waals surface area contributed by atoms with Crippen LogP contribution in [0.4, 0.5) is 4.39 Å². The van der Waals surface area contributed by atoms with Gasteiger partial charge in [-0.05, 0) is 68.1 Å². The van der Waals surface area contributed by atoms with Crippen LogP contribution in [-0.2, 0) is 13.0 Å². The summed E-state index contributed by atoms with van der Waals surface area (Å²) in [5.41, 5.74) is 1.68. The Morgan fingerprint density at radius 2 is 1.84 bits per heavy atom. The van der Waals surface area contributed by atoms with E-state index in [0.29, 0.717) is 25.3 Å². The van der Waals surface area contributed by atoms with E-state index in [4.69, 9.17) is 9.15 Å². The summed E-state index contributed by atoms with van der Waals surface area (Å²) in [5.74, 6) is 1.18. The Balaban J connectivity index is 1.44. The number of aliphatic hydroxyl groups is 2. The number of hydrogen-bond donors (Lipinski definition) is 2. The third-order valence-electron chi connectivity index (χ3n) is 5.89. The zero-order valence-electron chi connectivity index (χ0n) is 17.7. The summed E-state index contributed by atoms with van der Waals surface area (Å²) in [6, 6.07) is 14.5. The summed E-state index contributed by atoms with van der Waals surface area (Å²) in [6.45, 7) is 2.15. The first-order chi connectivity index (χ1) is 15.1. The van der Waals surface area contributed by atoms with Crippen LogP contribution >= 0.6 is 0 Å². The van der Waals surface area contributed by atoms with Crippen LogP contribution < -0.4 is 4.74 Å². The van der Waals surface area contributed by atoms with Crippen LogP contribution in [0.3, 0.4) is 0 Å². The molecule has 0 radical (unpaired) electrons. The number of rotatable bonds is 2. The van der Waals surface area contributed by atoms with Crippen molar-refractivity contribution in [2.45, 2.75) is 50.9 Å². The van der Waals surface area contributed by atoms with Crippen molar-refractivity contribution in [2.24, 2.45) is 0 Å². The Morgan fingerprint density at radius 1 is 0.968 bits per heavy atom. The average molecular weight is 428 g/mol. The number of aliphatic hydroxyl groups excluding tert-OH is 2. The van der Waals surface area contributed by atoms with Gasteiger partial charge in [-0.3, -0.25) is 4.90 Å². The standard InChI is InChI=1S/C25H30FNO4/c26-20-9-10-24-18(14-20)6-2-1-5-12-27(13-11-22(28)23(29)17-30-24)16-21-15-19-7-3-4-8-25(19)31-21/h3-4,7-10,14-15,22-23,28-29H,1-2,5-6,11-13,16-17H2/t22-,23+/m0/s1. The van der Waals surface area contributed by atoms with Gasteiger partial charge >= 0.3 is 0 Å². The SMILES string of the molecule is O[C@@H]1COc2ccc(F)cc2CCCCCN(Cc2cc3ccccc3o2)CC[C@@H]1O. The molecule has 0 spiro atoms. The number of aryl methyl sites for hydroxylation is 1. The topological polar surface area (TPSA) is 66.1 Å². The molecular formula is C25H30FNO4. The lowest BCUT2D eigenvalue weighted by atomic mass is 10.0. The molecule has 0 saturated heterocycles. The predicted octanol–water partition coefficient (Wildman–Crippen LogP) is 4.29. The summed E-state index contributed by atoms with van der Waals surface area (Å²) in [7, 11) is 0. The zero-order chi connectivity index (χ0) is 21.6. The van der Waals surface area contributed by atoms with Gasteiger partial charge in [-0.2, -0.15) is 0 Å². The second kappa shape index (κ2) is 10.3. The molecule has 5 nitrogen and oxygen atoms in total. The van der Waals surface area contributed by atoms with E-state index in [1.807, 2.05) is 24.3 Å². The molecule has 2 aromatic carbocycles. The van der Waals surface area contributed by atoms with Crippen LogP contribution in [0, 0.1) is 5.82 Å². The lowest BCUT2D eigenvalue weighted by Gasteiger charge is -2.25. The largest absolute Gasteiger partial charge is 0.491 e. The maximum absolute atomic E-state index is 13.7.